The molecule has 0 aliphatic heterocycles. The molecule has 3 nitrogen and oxygen atoms in total. The van der Waals surface area contributed by atoms with Crippen molar-refractivity contribution in [3.05, 3.63) is 29.8 Å². The first-order valence-corrected chi connectivity index (χ1v) is 6.00. The van der Waals surface area contributed by atoms with Crippen molar-refractivity contribution in [1.82, 2.24) is 0 Å². The van der Waals surface area contributed by atoms with Gasteiger partial charge in [0.1, 0.15) is 0 Å². The molecule has 0 heterocycles. The minimum atomic E-state index is -4.36. The van der Waals surface area contributed by atoms with Crippen LogP contribution in [0, 0.1) is 5.92 Å². The molecule has 0 aliphatic rings. The lowest BCUT2D eigenvalue weighted by atomic mass is 10.1. The van der Waals surface area contributed by atoms with Crippen LogP contribution in [0.3, 0.4) is 0 Å². The highest BCUT2D eigenvalue weighted by Gasteiger charge is 2.29. The second kappa shape index (κ2) is 6.56. The Hall–Kier alpha value is -1.56. The predicted molar refractivity (Wildman–Crippen MR) is 67.5 cm³/mol. The Kier molecular flexibility index (Phi) is 5.35. The molecular formula is C13H17F3N2O. The largest absolute Gasteiger partial charge is 0.416 e. The highest BCUT2D eigenvalue weighted by Crippen LogP contribution is 2.29. The van der Waals surface area contributed by atoms with Crippen LogP contribution in [0.4, 0.5) is 18.9 Å². The number of nitrogens with one attached hydrogen (secondary N) is 1. The summed E-state index contributed by atoms with van der Waals surface area (Å²) in [5, 5.41) is 2.55. The first-order valence-electron chi connectivity index (χ1n) is 6.00. The van der Waals surface area contributed by atoms with E-state index in [-0.39, 0.29) is 11.8 Å². The van der Waals surface area contributed by atoms with Crippen LogP contribution in [0.2, 0.25) is 0 Å². The zero-order chi connectivity index (χ0) is 14.5. The lowest BCUT2D eigenvalue weighted by Gasteiger charge is -2.10. The molecule has 0 radical (unpaired) electrons. The highest BCUT2D eigenvalue weighted by molar-refractivity contribution is 5.90. The average molecular weight is 274 g/mol. The van der Waals surface area contributed by atoms with E-state index in [0.29, 0.717) is 25.1 Å². The molecule has 1 aromatic carbocycles. The number of anilines is 1. The van der Waals surface area contributed by atoms with E-state index in [2.05, 4.69) is 5.32 Å². The van der Waals surface area contributed by atoms with Crippen LogP contribution in [-0.4, -0.2) is 12.5 Å². The number of hydrogen-bond donors (Lipinski definition) is 2. The molecule has 106 valence electrons. The Bertz CT molecular complexity index is 415. The normalized spacial score (nSPS) is 13.1. The third-order valence-electron chi connectivity index (χ3n) is 2.76. The van der Waals surface area contributed by atoms with Crippen LogP contribution in [0.1, 0.15) is 25.3 Å². The summed E-state index contributed by atoms with van der Waals surface area (Å²) >= 11 is 0. The van der Waals surface area contributed by atoms with E-state index in [1.807, 2.05) is 6.92 Å². The van der Waals surface area contributed by atoms with Crippen LogP contribution >= 0.6 is 0 Å². The van der Waals surface area contributed by atoms with Gasteiger partial charge in [0.05, 0.1) is 5.56 Å². The molecule has 1 amide bonds. The fourth-order valence-electron chi connectivity index (χ4n) is 1.46. The topological polar surface area (TPSA) is 55.1 Å². The molecular weight excluding hydrogens is 257 g/mol. The molecule has 19 heavy (non-hydrogen) atoms. The third-order valence-corrected chi connectivity index (χ3v) is 2.76. The number of carbonyl (C=O) groups is 1. The summed E-state index contributed by atoms with van der Waals surface area (Å²) in [5.74, 6) is 0.0263. The van der Waals surface area contributed by atoms with Crippen LogP contribution < -0.4 is 11.1 Å². The first kappa shape index (κ1) is 15.5. The van der Waals surface area contributed by atoms with Gasteiger partial charge in [0.25, 0.3) is 0 Å². The summed E-state index contributed by atoms with van der Waals surface area (Å²) in [7, 11) is 0. The second-order valence-corrected chi connectivity index (χ2v) is 4.50. The Morgan fingerprint density at radius 2 is 1.89 bits per heavy atom. The predicted octanol–water partition coefficient (Wildman–Crippen LogP) is 3.02. The molecule has 0 fully saturated rings. The van der Waals surface area contributed by atoms with Gasteiger partial charge in [0, 0.05) is 12.1 Å². The number of benzene rings is 1. The summed E-state index contributed by atoms with van der Waals surface area (Å²) in [4.78, 5) is 11.5. The van der Waals surface area contributed by atoms with Gasteiger partial charge in [0.2, 0.25) is 5.91 Å². The fourth-order valence-corrected chi connectivity index (χ4v) is 1.46. The van der Waals surface area contributed by atoms with E-state index >= 15 is 0 Å². The summed E-state index contributed by atoms with van der Waals surface area (Å²) in [6, 6.07) is 4.37. The van der Waals surface area contributed by atoms with Crippen molar-refractivity contribution in [2.75, 3.05) is 11.9 Å². The number of nitrogens with two attached hydrogens (primary N) is 1. The number of halogens is 3. The smallest absolute Gasteiger partial charge is 0.330 e. The van der Waals surface area contributed by atoms with Gasteiger partial charge in [-0.2, -0.15) is 13.2 Å². The van der Waals surface area contributed by atoms with Gasteiger partial charge >= 0.3 is 6.18 Å². The molecule has 1 aromatic rings. The van der Waals surface area contributed by atoms with Crippen molar-refractivity contribution >= 4 is 11.6 Å². The van der Waals surface area contributed by atoms with Gasteiger partial charge in [-0.3, -0.25) is 4.79 Å². The van der Waals surface area contributed by atoms with E-state index in [9.17, 15) is 18.0 Å². The summed E-state index contributed by atoms with van der Waals surface area (Å²) < 4.78 is 37.0. The quantitative estimate of drug-likeness (QED) is 0.867. The number of alkyl halides is 3. The molecule has 0 spiro atoms. The van der Waals surface area contributed by atoms with Crippen molar-refractivity contribution in [2.45, 2.75) is 25.9 Å². The summed E-state index contributed by atoms with van der Waals surface area (Å²) in [6.45, 7) is 2.44. The van der Waals surface area contributed by atoms with Gasteiger partial charge < -0.3 is 11.1 Å². The van der Waals surface area contributed by atoms with Crippen molar-refractivity contribution in [2.24, 2.45) is 11.7 Å². The molecule has 1 unspecified atom stereocenters. The van der Waals surface area contributed by atoms with Gasteiger partial charge in [0.15, 0.2) is 0 Å². The first-order chi connectivity index (χ1) is 8.82. The number of rotatable bonds is 5. The SMILES string of the molecule is CC(CN)CCC(=O)Nc1ccc(C(F)(F)F)cc1. The number of carbonyl (C=O) groups excluding carboxylic acids is 1. The van der Waals surface area contributed by atoms with Gasteiger partial charge in [-0.05, 0) is 43.1 Å². The monoisotopic (exact) mass is 274 g/mol. The van der Waals surface area contributed by atoms with Crippen LogP contribution in [0.25, 0.3) is 0 Å². The van der Waals surface area contributed by atoms with Gasteiger partial charge in [-0.25, -0.2) is 0 Å². The van der Waals surface area contributed by atoms with Crippen molar-refractivity contribution in [3.63, 3.8) is 0 Å². The minimum Gasteiger partial charge on any atom is -0.330 e. The number of hydrogen-bond acceptors (Lipinski definition) is 2. The Labute approximate surface area is 110 Å². The lowest BCUT2D eigenvalue weighted by Crippen LogP contribution is -2.16. The molecule has 3 N–H and O–H groups in total. The van der Waals surface area contributed by atoms with Crippen LogP contribution in [0.5, 0.6) is 0 Å². The molecule has 6 heteroatoms. The molecule has 0 saturated carbocycles. The van der Waals surface area contributed by atoms with Gasteiger partial charge in [-0.1, -0.05) is 6.92 Å². The summed E-state index contributed by atoms with van der Waals surface area (Å²) in [6.07, 6.45) is -3.40. The maximum Gasteiger partial charge on any atom is 0.416 e. The third kappa shape index (κ3) is 5.30. The van der Waals surface area contributed by atoms with Crippen LogP contribution in [0.15, 0.2) is 24.3 Å². The highest BCUT2D eigenvalue weighted by atomic mass is 19.4. The van der Waals surface area contributed by atoms with E-state index in [1.165, 1.54) is 12.1 Å². The standard InChI is InChI=1S/C13H17F3N2O/c1-9(8-17)2-7-12(19)18-11-5-3-10(4-6-11)13(14,15)16/h3-6,9H,2,7-8,17H2,1H3,(H,18,19). The van der Waals surface area contributed by atoms with Crippen molar-refractivity contribution < 1.29 is 18.0 Å². The lowest BCUT2D eigenvalue weighted by molar-refractivity contribution is -0.137. The van der Waals surface area contributed by atoms with Gasteiger partial charge in [-0.15, -0.1) is 0 Å². The molecule has 1 rings (SSSR count). The molecule has 0 saturated heterocycles. The average Bonchev–Trinajstić information content (AvgIpc) is 2.35. The molecule has 0 bridgehead atoms. The Balaban J connectivity index is 2.51. The zero-order valence-corrected chi connectivity index (χ0v) is 10.6. The number of amides is 1. The van der Waals surface area contributed by atoms with E-state index < -0.39 is 11.7 Å². The maximum atomic E-state index is 12.3. The summed E-state index contributed by atoms with van der Waals surface area (Å²) in [5.41, 5.74) is 5.06. The Morgan fingerprint density at radius 3 is 2.37 bits per heavy atom. The minimum absolute atomic E-state index is 0.222. The second-order valence-electron chi connectivity index (χ2n) is 4.50. The molecule has 0 aliphatic carbocycles. The molecule has 1 atom stereocenters. The van der Waals surface area contributed by atoms with Crippen LogP contribution in [-0.2, 0) is 11.0 Å². The van der Waals surface area contributed by atoms with Crippen molar-refractivity contribution in [1.29, 1.82) is 0 Å². The van der Waals surface area contributed by atoms with Crippen molar-refractivity contribution in [3.8, 4) is 0 Å². The van der Waals surface area contributed by atoms with E-state index in [1.54, 1.807) is 0 Å². The zero-order valence-electron chi connectivity index (χ0n) is 10.6. The van der Waals surface area contributed by atoms with E-state index in [4.69, 9.17) is 5.73 Å². The fraction of sp³-hybridized carbons (Fsp3) is 0.462. The van der Waals surface area contributed by atoms with E-state index in [0.717, 1.165) is 12.1 Å². The molecule has 0 aromatic heterocycles. The Morgan fingerprint density at radius 1 is 1.32 bits per heavy atom. The maximum absolute atomic E-state index is 12.3.